The van der Waals surface area contributed by atoms with E-state index < -0.39 is 0 Å². The van der Waals surface area contributed by atoms with Gasteiger partial charge in [0.15, 0.2) is 0 Å². The summed E-state index contributed by atoms with van der Waals surface area (Å²) in [5, 5.41) is 0. The molecule has 0 aliphatic carbocycles. The molecule has 1 rings (SSSR count). The zero-order valence-corrected chi connectivity index (χ0v) is 10.0. The third-order valence-corrected chi connectivity index (χ3v) is 2.65. The van der Waals surface area contributed by atoms with Gasteiger partial charge in [0.05, 0.1) is 0 Å². The summed E-state index contributed by atoms with van der Waals surface area (Å²) in [5.74, 6) is -0.268. The molecule has 16 heavy (non-hydrogen) atoms. The average Bonchev–Trinajstić information content (AvgIpc) is 2.25. The molecule has 1 atom stereocenters. The second kappa shape index (κ2) is 6.28. The van der Waals surface area contributed by atoms with Crippen LogP contribution in [0, 0.1) is 5.92 Å². The zero-order chi connectivity index (χ0) is 12.0. The number of amides is 1. The molecule has 2 N–H and O–H groups in total. The molecule has 1 unspecified atom stereocenters. The predicted octanol–water partition coefficient (Wildman–Crippen LogP) is 1.28. The van der Waals surface area contributed by atoms with Gasteiger partial charge in [0, 0.05) is 5.92 Å². The van der Waals surface area contributed by atoms with Crippen molar-refractivity contribution < 1.29 is 4.79 Å². The van der Waals surface area contributed by atoms with Crippen molar-refractivity contribution in [3.8, 4) is 0 Å². The Morgan fingerprint density at radius 1 is 1.31 bits per heavy atom. The number of benzene rings is 1. The van der Waals surface area contributed by atoms with Crippen molar-refractivity contribution in [3.05, 3.63) is 35.9 Å². The number of primary amides is 1. The highest BCUT2D eigenvalue weighted by molar-refractivity contribution is 5.76. The maximum Gasteiger partial charge on any atom is 0.220 e. The minimum atomic E-state index is -0.203. The first-order valence-electron chi connectivity index (χ1n) is 5.57. The van der Waals surface area contributed by atoms with E-state index in [1.54, 1.807) is 0 Å². The molecule has 88 valence electrons. The van der Waals surface area contributed by atoms with Crippen LogP contribution in [0.25, 0.3) is 0 Å². The lowest BCUT2D eigenvalue weighted by Crippen LogP contribution is -2.28. The van der Waals surface area contributed by atoms with Gasteiger partial charge < -0.3 is 10.6 Å². The van der Waals surface area contributed by atoms with Crippen LogP contribution in [0.15, 0.2) is 30.3 Å². The fourth-order valence-electron chi connectivity index (χ4n) is 1.66. The molecule has 0 heterocycles. The number of carbonyl (C=O) groups is 1. The van der Waals surface area contributed by atoms with Crippen LogP contribution in [0.2, 0.25) is 0 Å². The van der Waals surface area contributed by atoms with Crippen molar-refractivity contribution in [2.45, 2.75) is 12.8 Å². The lowest BCUT2D eigenvalue weighted by molar-refractivity contribution is -0.122. The number of rotatable bonds is 6. The summed E-state index contributed by atoms with van der Waals surface area (Å²) in [6, 6.07) is 10.0. The second-order valence-corrected chi connectivity index (χ2v) is 4.38. The van der Waals surface area contributed by atoms with Crippen LogP contribution in [0.5, 0.6) is 0 Å². The van der Waals surface area contributed by atoms with E-state index in [2.05, 4.69) is 4.90 Å². The van der Waals surface area contributed by atoms with Gasteiger partial charge in [0.25, 0.3) is 0 Å². The van der Waals surface area contributed by atoms with Crippen molar-refractivity contribution in [1.82, 2.24) is 4.90 Å². The van der Waals surface area contributed by atoms with Crippen molar-refractivity contribution in [1.29, 1.82) is 0 Å². The molecule has 0 saturated heterocycles. The Kier molecular flexibility index (Phi) is 4.99. The fraction of sp³-hybridized carbons (Fsp3) is 0.462. The molecule has 0 aliphatic rings. The highest BCUT2D eigenvalue weighted by Crippen LogP contribution is 2.12. The molecule has 1 aromatic rings. The van der Waals surface area contributed by atoms with Crippen LogP contribution in [-0.2, 0) is 11.2 Å². The van der Waals surface area contributed by atoms with Gasteiger partial charge in [-0.15, -0.1) is 0 Å². The van der Waals surface area contributed by atoms with Crippen LogP contribution >= 0.6 is 0 Å². The fourth-order valence-corrected chi connectivity index (χ4v) is 1.66. The standard InChI is InChI=1S/C13H20N2O/c1-15(2)9-8-12(13(14)16)10-11-6-4-3-5-7-11/h3-7,12H,8-10H2,1-2H3,(H2,14,16). The molecule has 3 nitrogen and oxygen atoms in total. The lowest BCUT2D eigenvalue weighted by Gasteiger charge is -2.16. The van der Waals surface area contributed by atoms with Gasteiger partial charge >= 0.3 is 0 Å². The summed E-state index contributed by atoms with van der Waals surface area (Å²) < 4.78 is 0. The van der Waals surface area contributed by atoms with Crippen LogP contribution in [-0.4, -0.2) is 31.4 Å². The average molecular weight is 220 g/mol. The van der Waals surface area contributed by atoms with Crippen molar-refractivity contribution >= 4 is 5.91 Å². The van der Waals surface area contributed by atoms with Gasteiger partial charge in [-0.1, -0.05) is 30.3 Å². The minimum Gasteiger partial charge on any atom is -0.369 e. The van der Waals surface area contributed by atoms with E-state index in [4.69, 9.17) is 5.73 Å². The maximum absolute atomic E-state index is 11.3. The zero-order valence-electron chi connectivity index (χ0n) is 10.0. The Morgan fingerprint density at radius 3 is 2.44 bits per heavy atom. The van der Waals surface area contributed by atoms with E-state index in [0.29, 0.717) is 0 Å². The monoisotopic (exact) mass is 220 g/mol. The summed E-state index contributed by atoms with van der Waals surface area (Å²) in [7, 11) is 4.00. The van der Waals surface area contributed by atoms with E-state index in [-0.39, 0.29) is 11.8 Å². The smallest absolute Gasteiger partial charge is 0.220 e. The molecule has 3 heteroatoms. The topological polar surface area (TPSA) is 46.3 Å². The Balaban J connectivity index is 2.55. The first kappa shape index (κ1) is 12.7. The van der Waals surface area contributed by atoms with Gasteiger partial charge in [-0.25, -0.2) is 0 Å². The first-order valence-corrected chi connectivity index (χ1v) is 5.57. The van der Waals surface area contributed by atoms with Gasteiger partial charge in [0.1, 0.15) is 0 Å². The maximum atomic E-state index is 11.3. The van der Waals surface area contributed by atoms with Crippen LogP contribution in [0.4, 0.5) is 0 Å². The Morgan fingerprint density at radius 2 is 1.94 bits per heavy atom. The third-order valence-electron chi connectivity index (χ3n) is 2.65. The molecule has 0 bridgehead atoms. The normalized spacial score (nSPS) is 12.7. The quantitative estimate of drug-likeness (QED) is 0.785. The molecular weight excluding hydrogens is 200 g/mol. The summed E-state index contributed by atoms with van der Waals surface area (Å²) in [6.07, 6.45) is 1.56. The van der Waals surface area contributed by atoms with Gasteiger partial charge in [-0.2, -0.15) is 0 Å². The SMILES string of the molecule is CN(C)CCC(Cc1ccccc1)C(N)=O. The van der Waals surface area contributed by atoms with Crippen molar-refractivity contribution in [2.75, 3.05) is 20.6 Å². The Hall–Kier alpha value is -1.35. The van der Waals surface area contributed by atoms with E-state index in [1.807, 2.05) is 44.4 Å². The summed E-state index contributed by atoms with van der Waals surface area (Å²) in [5.41, 5.74) is 6.58. The van der Waals surface area contributed by atoms with Gasteiger partial charge in [0.2, 0.25) is 5.91 Å². The molecule has 1 aromatic carbocycles. The van der Waals surface area contributed by atoms with E-state index in [9.17, 15) is 4.79 Å². The first-order chi connectivity index (χ1) is 7.59. The molecule has 1 amide bonds. The Bertz CT molecular complexity index is 322. The van der Waals surface area contributed by atoms with Crippen molar-refractivity contribution in [3.63, 3.8) is 0 Å². The molecule has 0 radical (unpaired) electrons. The second-order valence-electron chi connectivity index (χ2n) is 4.38. The number of hydrogen-bond donors (Lipinski definition) is 1. The van der Waals surface area contributed by atoms with Gasteiger partial charge in [-0.05, 0) is 39.0 Å². The minimum absolute atomic E-state index is 0.0650. The number of nitrogens with zero attached hydrogens (tertiary/aromatic N) is 1. The van der Waals surface area contributed by atoms with E-state index in [0.717, 1.165) is 19.4 Å². The van der Waals surface area contributed by atoms with Crippen LogP contribution < -0.4 is 5.73 Å². The van der Waals surface area contributed by atoms with Crippen LogP contribution in [0.3, 0.4) is 0 Å². The predicted molar refractivity (Wildman–Crippen MR) is 66.0 cm³/mol. The van der Waals surface area contributed by atoms with E-state index in [1.165, 1.54) is 5.56 Å². The summed E-state index contributed by atoms with van der Waals surface area (Å²) in [4.78, 5) is 13.4. The lowest BCUT2D eigenvalue weighted by atomic mass is 9.95. The molecule has 0 spiro atoms. The molecular formula is C13H20N2O. The summed E-state index contributed by atoms with van der Waals surface area (Å²) in [6.45, 7) is 0.889. The van der Waals surface area contributed by atoms with Gasteiger partial charge in [-0.3, -0.25) is 4.79 Å². The van der Waals surface area contributed by atoms with Crippen molar-refractivity contribution in [2.24, 2.45) is 11.7 Å². The number of carbonyl (C=O) groups excluding carboxylic acids is 1. The largest absolute Gasteiger partial charge is 0.369 e. The Labute approximate surface area is 97.2 Å². The highest BCUT2D eigenvalue weighted by atomic mass is 16.1. The molecule has 0 fully saturated rings. The molecule has 0 saturated carbocycles. The summed E-state index contributed by atoms with van der Waals surface area (Å²) >= 11 is 0. The molecule has 0 aromatic heterocycles. The highest BCUT2D eigenvalue weighted by Gasteiger charge is 2.15. The van der Waals surface area contributed by atoms with Crippen LogP contribution in [0.1, 0.15) is 12.0 Å². The number of hydrogen-bond acceptors (Lipinski definition) is 2. The number of nitrogens with two attached hydrogens (primary N) is 1. The van der Waals surface area contributed by atoms with E-state index >= 15 is 0 Å². The molecule has 0 aliphatic heterocycles. The third kappa shape index (κ3) is 4.45.